The topological polar surface area (TPSA) is 63.6 Å². The number of esters is 1. The molecule has 0 aliphatic heterocycles. The normalized spacial score (nSPS) is 12.2. The molecule has 0 aromatic carbocycles. The summed E-state index contributed by atoms with van der Waals surface area (Å²) in [7, 11) is 0. The second-order valence-corrected chi connectivity index (χ2v) is 5.40. The van der Waals surface area contributed by atoms with E-state index in [0.717, 1.165) is 11.3 Å². The van der Waals surface area contributed by atoms with Gasteiger partial charge >= 0.3 is 5.97 Å². The van der Waals surface area contributed by atoms with Gasteiger partial charge < -0.3 is 9.84 Å². The number of thiophene rings is 1. The number of halogens is 1. The van der Waals surface area contributed by atoms with Gasteiger partial charge in [-0.15, -0.1) is 11.3 Å². The van der Waals surface area contributed by atoms with Crippen LogP contribution in [0.25, 0.3) is 0 Å². The summed E-state index contributed by atoms with van der Waals surface area (Å²) in [5.74, 6) is -0.660. The fraction of sp³-hybridized carbons (Fsp3) is 0.500. The molecular weight excluding hydrogens is 276 g/mol. The maximum Gasteiger partial charge on any atom is 0.305 e. The van der Waals surface area contributed by atoms with Crippen LogP contribution in [0.5, 0.6) is 0 Å². The molecule has 0 saturated heterocycles. The SMILES string of the molecule is CCOC(=O)CCCC(O)C(=O)c1ccc(Cl)s1. The zero-order valence-electron chi connectivity index (χ0n) is 10.0. The van der Waals surface area contributed by atoms with Crippen molar-refractivity contribution in [2.75, 3.05) is 6.61 Å². The summed E-state index contributed by atoms with van der Waals surface area (Å²) in [5.41, 5.74) is 0. The van der Waals surface area contributed by atoms with Crippen LogP contribution in [0.4, 0.5) is 0 Å². The number of rotatable bonds is 7. The smallest absolute Gasteiger partial charge is 0.305 e. The van der Waals surface area contributed by atoms with Crippen molar-refractivity contribution in [2.24, 2.45) is 0 Å². The molecule has 0 saturated carbocycles. The Bertz CT molecular complexity index is 416. The lowest BCUT2D eigenvalue weighted by molar-refractivity contribution is -0.143. The Morgan fingerprint density at radius 2 is 2.22 bits per heavy atom. The van der Waals surface area contributed by atoms with Crippen LogP contribution in [0.2, 0.25) is 4.34 Å². The van der Waals surface area contributed by atoms with Crippen LogP contribution >= 0.6 is 22.9 Å². The summed E-state index contributed by atoms with van der Waals surface area (Å²) in [5, 5.41) is 9.69. The Balaban J connectivity index is 2.34. The van der Waals surface area contributed by atoms with E-state index in [1.54, 1.807) is 19.1 Å². The number of carbonyl (C=O) groups excluding carboxylic acids is 2. The first-order chi connectivity index (χ1) is 8.54. The molecule has 1 unspecified atom stereocenters. The molecule has 0 aliphatic rings. The standard InChI is InChI=1S/C12H15ClO4S/c1-2-17-11(15)5-3-4-8(14)12(16)9-6-7-10(13)18-9/h6-8,14H,2-5H2,1H3. The summed E-state index contributed by atoms with van der Waals surface area (Å²) in [6.07, 6.45) is -0.212. The van der Waals surface area contributed by atoms with Gasteiger partial charge in [-0.3, -0.25) is 9.59 Å². The molecule has 0 radical (unpaired) electrons. The van der Waals surface area contributed by atoms with Crippen molar-refractivity contribution in [3.63, 3.8) is 0 Å². The zero-order chi connectivity index (χ0) is 13.5. The minimum Gasteiger partial charge on any atom is -0.466 e. The molecule has 0 bridgehead atoms. The van der Waals surface area contributed by atoms with Crippen molar-refractivity contribution >= 4 is 34.7 Å². The predicted octanol–water partition coefficient (Wildman–Crippen LogP) is 2.68. The van der Waals surface area contributed by atoms with Gasteiger partial charge in [0.2, 0.25) is 5.78 Å². The van der Waals surface area contributed by atoms with Gasteiger partial charge in [-0.1, -0.05) is 11.6 Å². The highest BCUT2D eigenvalue weighted by molar-refractivity contribution is 7.18. The van der Waals surface area contributed by atoms with Crippen molar-refractivity contribution in [3.8, 4) is 0 Å². The summed E-state index contributed by atoms with van der Waals surface area (Å²) in [4.78, 5) is 23.2. The van der Waals surface area contributed by atoms with Crippen LogP contribution < -0.4 is 0 Å². The highest BCUT2D eigenvalue weighted by Crippen LogP contribution is 2.23. The fourth-order valence-corrected chi connectivity index (χ4v) is 2.45. The molecular formula is C12H15ClO4S. The third kappa shape index (κ3) is 4.76. The van der Waals surface area contributed by atoms with E-state index >= 15 is 0 Å². The number of Topliss-reactive ketones (excluding diaryl/α,β-unsaturated/α-hetero) is 1. The van der Waals surface area contributed by atoms with Gasteiger partial charge in [-0.05, 0) is 31.9 Å². The number of hydrogen-bond acceptors (Lipinski definition) is 5. The van der Waals surface area contributed by atoms with Crippen LogP contribution in [0.15, 0.2) is 12.1 Å². The molecule has 1 N–H and O–H groups in total. The molecule has 0 aliphatic carbocycles. The molecule has 1 aromatic rings. The quantitative estimate of drug-likeness (QED) is 0.619. The van der Waals surface area contributed by atoms with Crippen LogP contribution in [0.1, 0.15) is 35.9 Å². The Kier molecular flexibility index (Phi) is 6.32. The van der Waals surface area contributed by atoms with E-state index in [-0.39, 0.29) is 24.6 Å². The van der Waals surface area contributed by atoms with E-state index in [1.165, 1.54) is 0 Å². The third-order valence-electron chi connectivity index (χ3n) is 2.28. The monoisotopic (exact) mass is 290 g/mol. The minimum atomic E-state index is -1.09. The van der Waals surface area contributed by atoms with Crippen LogP contribution in [-0.2, 0) is 9.53 Å². The molecule has 6 heteroatoms. The number of aliphatic hydroxyl groups excluding tert-OH is 1. The summed E-state index contributed by atoms with van der Waals surface area (Å²) < 4.78 is 5.26. The Morgan fingerprint density at radius 3 is 2.78 bits per heavy atom. The van der Waals surface area contributed by atoms with Crippen molar-refractivity contribution < 1.29 is 19.4 Å². The molecule has 4 nitrogen and oxygen atoms in total. The lowest BCUT2D eigenvalue weighted by atomic mass is 10.1. The largest absolute Gasteiger partial charge is 0.466 e. The number of ether oxygens (including phenoxy) is 1. The van der Waals surface area contributed by atoms with Crippen molar-refractivity contribution in [1.29, 1.82) is 0 Å². The van der Waals surface area contributed by atoms with Crippen LogP contribution in [0.3, 0.4) is 0 Å². The van der Waals surface area contributed by atoms with E-state index in [9.17, 15) is 14.7 Å². The molecule has 0 spiro atoms. The number of ketones is 1. The van der Waals surface area contributed by atoms with Gasteiger partial charge in [0, 0.05) is 6.42 Å². The summed E-state index contributed by atoms with van der Waals surface area (Å²) in [6, 6.07) is 3.20. The third-order valence-corrected chi connectivity index (χ3v) is 3.53. The Hall–Kier alpha value is -0.910. The Morgan fingerprint density at radius 1 is 1.50 bits per heavy atom. The van der Waals surface area contributed by atoms with Crippen LogP contribution in [-0.4, -0.2) is 29.6 Å². The average Bonchev–Trinajstić information content (AvgIpc) is 2.75. The van der Waals surface area contributed by atoms with E-state index in [2.05, 4.69) is 0 Å². The first-order valence-corrected chi connectivity index (χ1v) is 6.87. The second kappa shape index (κ2) is 7.51. The first-order valence-electron chi connectivity index (χ1n) is 5.67. The molecule has 1 rings (SSSR count). The minimum absolute atomic E-state index is 0.212. The predicted molar refractivity (Wildman–Crippen MR) is 70.2 cm³/mol. The van der Waals surface area contributed by atoms with Gasteiger partial charge in [-0.25, -0.2) is 0 Å². The van der Waals surface area contributed by atoms with E-state index < -0.39 is 6.10 Å². The maximum atomic E-state index is 11.7. The highest BCUT2D eigenvalue weighted by Gasteiger charge is 2.19. The van der Waals surface area contributed by atoms with Gasteiger partial charge in [0.25, 0.3) is 0 Å². The first kappa shape index (κ1) is 15.1. The molecule has 1 heterocycles. The van der Waals surface area contributed by atoms with Gasteiger partial charge in [0.1, 0.15) is 6.10 Å². The number of carbonyl (C=O) groups is 2. The highest BCUT2D eigenvalue weighted by atomic mass is 35.5. The van der Waals surface area contributed by atoms with E-state index in [0.29, 0.717) is 22.2 Å². The molecule has 0 amide bonds. The molecule has 100 valence electrons. The summed E-state index contributed by atoms with van der Waals surface area (Å²) in [6.45, 7) is 2.07. The number of hydrogen-bond donors (Lipinski definition) is 1. The van der Waals surface area contributed by atoms with Gasteiger partial charge in [-0.2, -0.15) is 0 Å². The van der Waals surface area contributed by atoms with E-state index in [1.807, 2.05) is 0 Å². The lowest BCUT2D eigenvalue weighted by Crippen LogP contribution is -2.19. The molecule has 0 fully saturated rings. The maximum absolute atomic E-state index is 11.7. The van der Waals surface area contributed by atoms with Gasteiger partial charge in [0.15, 0.2) is 0 Å². The molecule has 1 aromatic heterocycles. The van der Waals surface area contributed by atoms with E-state index in [4.69, 9.17) is 16.3 Å². The molecule has 18 heavy (non-hydrogen) atoms. The summed E-state index contributed by atoms with van der Waals surface area (Å²) >= 11 is 6.85. The van der Waals surface area contributed by atoms with Crippen molar-refractivity contribution in [1.82, 2.24) is 0 Å². The Labute approximate surface area is 115 Å². The van der Waals surface area contributed by atoms with Crippen LogP contribution in [0, 0.1) is 0 Å². The van der Waals surface area contributed by atoms with Crippen molar-refractivity contribution in [2.45, 2.75) is 32.3 Å². The lowest BCUT2D eigenvalue weighted by Gasteiger charge is -2.07. The molecule has 1 atom stereocenters. The second-order valence-electron chi connectivity index (χ2n) is 3.68. The average molecular weight is 291 g/mol. The van der Waals surface area contributed by atoms with Crippen molar-refractivity contribution in [3.05, 3.63) is 21.3 Å². The van der Waals surface area contributed by atoms with Gasteiger partial charge in [0.05, 0.1) is 15.8 Å². The number of aliphatic hydroxyl groups is 1. The zero-order valence-corrected chi connectivity index (χ0v) is 11.6. The fourth-order valence-electron chi connectivity index (χ4n) is 1.41.